The Labute approximate surface area is 364 Å². The summed E-state index contributed by atoms with van der Waals surface area (Å²) in [5, 5.41) is 9.63. The summed E-state index contributed by atoms with van der Waals surface area (Å²) in [6, 6.07) is -0.617. The van der Waals surface area contributed by atoms with Gasteiger partial charge in [-0.2, -0.15) is 0 Å². The molecule has 0 saturated heterocycles. The molecule has 0 radical (unpaired) electrons. The lowest BCUT2D eigenvalue weighted by Gasteiger charge is -2.31. The molecular weight excluding hydrogens is 739 g/mol. The van der Waals surface area contributed by atoms with Gasteiger partial charge < -0.3 is 23.8 Å². The first-order chi connectivity index (χ1) is 28.6. The van der Waals surface area contributed by atoms with Gasteiger partial charge in [0.05, 0.1) is 34.4 Å². The molecule has 0 saturated carbocycles. The minimum Gasteiger partial charge on any atom is -0.477 e. The van der Waals surface area contributed by atoms with Crippen molar-refractivity contribution < 1.29 is 38.2 Å². The lowest BCUT2D eigenvalue weighted by molar-refractivity contribution is -0.887. The number of nitrogens with zero attached hydrogens (tertiary/aromatic N) is 1. The van der Waals surface area contributed by atoms with Crippen LogP contribution >= 0.6 is 0 Å². The number of carbonyl (C=O) groups excluding carboxylic acids is 2. The van der Waals surface area contributed by atoms with Gasteiger partial charge in [-0.15, -0.1) is 0 Å². The van der Waals surface area contributed by atoms with Crippen LogP contribution in [0.4, 0.5) is 0 Å². The first-order valence-electron chi connectivity index (χ1n) is 24.5. The number of aliphatic carboxylic acids is 1. The molecule has 0 aliphatic heterocycles. The summed E-state index contributed by atoms with van der Waals surface area (Å²) in [7, 11) is 5.52. The van der Waals surface area contributed by atoms with Crippen LogP contribution < -0.4 is 0 Å². The van der Waals surface area contributed by atoms with Gasteiger partial charge in [-0.05, 0) is 64.2 Å². The second-order valence-corrected chi connectivity index (χ2v) is 17.7. The maximum absolute atomic E-state index is 12.7. The highest BCUT2D eigenvalue weighted by atomic mass is 16.6. The molecule has 1 N–H and O–H groups in total. The Bertz CT molecular complexity index is 1060. The fraction of sp³-hybridized carbons (Fsp3) is 0.824. The van der Waals surface area contributed by atoms with E-state index in [2.05, 4.69) is 50.3 Å². The first kappa shape index (κ1) is 56.5. The predicted octanol–water partition coefficient (Wildman–Crippen LogP) is 13.8. The summed E-state index contributed by atoms with van der Waals surface area (Å²) in [6.45, 7) is 4.63. The molecule has 344 valence electrons. The number of carbonyl (C=O) groups is 3. The van der Waals surface area contributed by atoms with E-state index in [0.717, 1.165) is 70.6 Å². The van der Waals surface area contributed by atoms with Crippen molar-refractivity contribution in [3.8, 4) is 0 Å². The molecule has 2 unspecified atom stereocenters. The zero-order chi connectivity index (χ0) is 43.5. The van der Waals surface area contributed by atoms with E-state index in [1.807, 2.05) is 21.1 Å². The number of allylic oxidation sites excluding steroid dienone is 6. The summed E-state index contributed by atoms with van der Waals surface area (Å²) in [5.41, 5.74) is 0. The minimum atomic E-state index is -0.877. The van der Waals surface area contributed by atoms with Gasteiger partial charge in [-0.25, -0.2) is 4.79 Å². The van der Waals surface area contributed by atoms with Crippen molar-refractivity contribution in [2.24, 2.45) is 0 Å². The number of rotatable bonds is 44. The highest BCUT2D eigenvalue weighted by molar-refractivity contribution is 5.72. The van der Waals surface area contributed by atoms with Crippen molar-refractivity contribution in [1.82, 2.24) is 0 Å². The van der Waals surface area contributed by atoms with E-state index in [0.29, 0.717) is 19.3 Å². The molecule has 0 spiro atoms. The van der Waals surface area contributed by atoms with Crippen molar-refractivity contribution in [2.45, 2.75) is 231 Å². The Kier molecular flexibility index (Phi) is 40.5. The number of hydrogen-bond donors (Lipinski definition) is 1. The third-order valence-corrected chi connectivity index (χ3v) is 11.0. The maximum atomic E-state index is 12.7. The van der Waals surface area contributed by atoms with Crippen LogP contribution in [0.3, 0.4) is 0 Å². The van der Waals surface area contributed by atoms with Crippen LogP contribution in [-0.2, 0) is 28.6 Å². The van der Waals surface area contributed by atoms with E-state index in [1.165, 1.54) is 116 Å². The Morgan fingerprint density at radius 1 is 0.525 bits per heavy atom. The van der Waals surface area contributed by atoms with Gasteiger partial charge in [-0.3, -0.25) is 9.59 Å². The first-order valence-corrected chi connectivity index (χ1v) is 24.5. The van der Waals surface area contributed by atoms with Crippen LogP contribution in [0.5, 0.6) is 0 Å². The summed E-state index contributed by atoms with van der Waals surface area (Å²) in [4.78, 5) is 37.0. The molecule has 0 aromatic heterocycles. The van der Waals surface area contributed by atoms with E-state index in [4.69, 9.17) is 14.2 Å². The smallest absolute Gasteiger partial charge is 0.362 e. The molecule has 0 aromatic rings. The molecule has 0 fully saturated rings. The van der Waals surface area contributed by atoms with Gasteiger partial charge >= 0.3 is 17.9 Å². The molecule has 0 rings (SSSR count). The van der Waals surface area contributed by atoms with Crippen LogP contribution in [0.25, 0.3) is 0 Å². The molecule has 0 bridgehead atoms. The average Bonchev–Trinajstić information content (AvgIpc) is 3.19. The van der Waals surface area contributed by atoms with Gasteiger partial charge in [0.1, 0.15) is 6.61 Å². The standard InChI is InChI=1S/C51H93NO7/c1-6-8-10-12-14-16-18-20-21-22-23-24-25-26-27-28-29-30-32-33-35-37-39-41-49(53)58-46-47(45-57-44-43-48(51(55)56)52(3,4)5)59-50(54)42-40-38-36-34-31-19-17-15-13-11-9-7-2/h9,11,15,17,26-27,47-48H,6-8,10,12-14,16,18-25,28-46H2,1-5H3/p+1/b11-9+,17-15+,27-26+. The van der Waals surface area contributed by atoms with Crippen molar-refractivity contribution in [1.29, 1.82) is 0 Å². The highest BCUT2D eigenvalue weighted by Gasteiger charge is 2.31. The second kappa shape index (κ2) is 42.2. The number of esters is 2. The number of ether oxygens (including phenoxy) is 3. The lowest BCUT2D eigenvalue weighted by Crippen LogP contribution is -2.50. The number of quaternary nitrogens is 1. The largest absolute Gasteiger partial charge is 0.477 e. The van der Waals surface area contributed by atoms with Gasteiger partial charge in [0.15, 0.2) is 12.1 Å². The summed E-state index contributed by atoms with van der Waals surface area (Å²) in [6.07, 6.45) is 49.2. The van der Waals surface area contributed by atoms with E-state index in [1.54, 1.807) is 0 Å². The van der Waals surface area contributed by atoms with E-state index < -0.39 is 18.1 Å². The third-order valence-electron chi connectivity index (χ3n) is 11.0. The van der Waals surface area contributed by atoms with Crippen molar-refractivity contribution in [2.75, 3.05) is 41.0 Å². The summed E-state index contributed by atoms with van der Waals surface area (Å²) >= 11 is 0. The third kappa shape index (κ3) is 40.7. The highest BCUT2D eigenvalue weighted by Crippen LogP contribution is 2.15. The maximum Gasteiger partial charge on any atom is 0.362 e. The van der Waals surface area contributed by atoms with Crippen LogP contribution in [-0.4, -0.2) is 80.6 Å². The summed E-state index contributed by atoms with van der Waals surface area (Å²) in [5.74, 6) is -1.49. The second-order valence-electron chi connectivity index (χ2n) is 17.7. The average molecular weight is 833 g/mol. The van der Waals surface area contributed by atoms with Crippen molar-refractivity contribution >= 4 is 17.9 Å². The van der Waals surface area contributed by atoms with E-state index in [-0.39, 0.29) is 36.2 Å². The lowest BCUT2D eigenvalue weighted by atomic mass is 10.0. The van der Waals surface area contributed by atoms with Gasteiger partial charge in [0, 0.05) is 19.3 Å². The molecule has 0 aromatic carbocycles. The van der Waals surface area contributed by atoms with E-state index >= 15 is 0 Å². The Balaban J connectivity index is 4.18. The van der Waals surface area contributed by atoms with Gasteiger partial charge in [0.2, 0.25) is 0 Å². The fourth-order valence-electron chi connectivity index (χ4n) is 7.24. The number of unbranched alkanes of at least 4 members (excludes halogenated alkanes) is 24. The van der Waals surface area contributed by atoms with Crippen LogP contribution in [0.15, 0.2) is 36.5 Å². The number of carboxylic acids is 1. The molecule has 59 heavy (non-hydrogen) atoms. The zero-order valence-corrected chi connectivity index (χ0v) is 39.2. The molecule has 8 nitrogen and oxygen atoms in total. The van der Waals surface area contributed by atoms with Gasteiger partial charge in [-0.1, -0.05) is 172 Å². The normalized spacial score (nSPS) is 13.2. The van der Waals surface area contributed by atoms with Gasteiger partial charge in [0.25, 0.3) is 0 Å². The Hall–Kier alpha value is -2.45. The van der Waals surface area contributed by atoms with Crippen LogP contribution in [0, 0.1) is 0 Å². The molecule has 8 heteroatoms. The predicted molar refractivity (Wildman–Crippen MR) is 248 cm³/mol. The molecular formula is C51H94NO7+. The fourth-order valence-corrected chi connectivity index (χ4v) is 7.24. The molecule has 2 atom stereocenters. The zero-order valence-electron chi connectivity index (χ0n) is 39.2. The van der Waals surface area contributed by atoms with Crippen molar-refractivity contribution in [3.63, 3.8) is 0 Å². The monoisotopic (exact) mass is 833 g/mol. The molecule has 0 aliphatic carbocycles. The van der Waals surface area contributed by atoms with Crippen LogP contribution in [0.1, 0.15) is 219 Å². The Morgan fingerprint density at radius 2 is 0.949 bits per heavy atom. The summed E-state index contributed by atoms with van der Waals surface area (Å²) < 4.78 is 17.3. The molecule has 0 aliphatic rings. The quantitative estimate of drug-likeness (QED) is 0.0282. The number of hydrogen-bond acceptors (Lipinski definition) is 6. The molecule has 0 amide bonds. The SMILES string of the molecule is CC/C=C/C/C=C/CCCCCCCC(=O)OC(COCCC(C(=O)O)[N+](C)(C)C)COC(=O)CCCCCCCCC/C=C/CCCCCCCCCCCCCC. The Morgan fingerprint density at radius 3 is 1.41 bits per heavy atom. The van der Waals surface area contributed by atoms with Crippen LogP contribution in [0.2, 0.25) is 0 Å². The minimum absolute atomic E-state index is 0.0550. The number of carboxylic acid groups (broad SMARTS) is 1. The van der Waals surface area contributed by atoms with Crippen molar-refractivity contribution in [3.05, 3.63) is 36.5 Å². The van der Waals surface area contributed by atoms with E-state index in [9.17, 15) is 19.5 Å². The number of likely N-dealkylation sites (N-methyl/N-ethyl adjacent to an activating group) is 1. The topological polar surface area (TPSA) is 99.1 Å². The molecule has 0 heterocycles.